The van der Waals surface area contributed by atoms with E-state index in [4.69, 9.17) is 10.6 Å². The molecule has 4 rings (SSSR count). The maximum atomic E-state index is 12.7. The van der Waals surface area contributed by atoms with E-state index in [-0.39, 0.29) is 11.7 Å². The van der Waals surface area contributed by atoms with Gasteiger partial charge in [0, 0.05) is 37.4 Å². The van der Waals surface area contributed by atoms with Crippen LogP contribution in [0.3, 0.4) is 0 Å². The minimum atomic E-state index is 0.0875. The zero-order chi connectivity index (χ0) is 22.5. The van der Waals surface area contributed by atoms with Crippen molar-refractivity contribution in [2.45, 2.75) is 19.0 Å². The molecule has 0 spiro atoms. The number of rotatable bonds is 7. The van der Waals surface area contributed by atoms with Gasteiger partial charge in [-0.25, -0.2) is 4.68 Å². The van der Waals surface area contributed by atoms with Crippen LogP contribution < -0.4 is 15.5 Å². The SMILES string of the molecule is CCOc1ccc(-c2nnc(SCC(=O)N3CCN(c4cccc(C)c4)CC3)n2N)cc1. The van der Waals surface area contributed by atoms with Gasteiger partial charge in [-0.1, -0.05) is 23.9 Å². The Bertz CT molecular complexity index is 1060. The molecule has 1 aromatic heterocycles. The molecule has 0 atom stereocenters. The highest BCUT2D eigenvalue weighted by atomic mass is 32.2. The van der Waals surface area contributed by atoms with Gasteiger partial charge in [0.05, 0.1) is 12.4 Å². The molecule has 0 unspecified atom stereocenters. The number of hydrogen-bond donors (Lipinski definition) is 1. The Hall–Kier alpha value is -3.20. The predicted molar refractivity (Wildman–Crippen MR) is 127 cm³/mol. The predicted octanol–water partition coefficient (Wildman–Crippen LogP) is 2.81. The first-order valence-corrected chi connectivity index (χ1v) is 11.7. The summed E-state index contributed by atoms with van der Waals surface area (Å²) in [7, 11) is 0. The lowest BCUT2D eigenvalue weighted by Gasteiger charge is -2.36. The molecule has 0 aliphatic carbocycles. The molecule has 0 bridgehead atoms. The Morgan fingerprint density at radius 1 is 1.09 bits per heavy atom. The van der Waals surface area contributed by atoms with Crippen LogP contribution in [0.4, 0.5) is 5.69 Å². The van der Waals surface area contributed by atoms with Crippen LogP contribution >= 0.6 is 11.8 Å². The molecular weight excluding hydrogens is 424 g/mol. The van der Waals surface area contributed by atoms with E-state index in [9.17, 15) is 4.79 Å². The van der Waals surface area contributed by atoms with Crippen molar-refractivity contribution in [1.82, 2.24) is 19.8 Å². The Morgan fingerprint density at radius 3 is 2.53 bits per heavy atom. The first-order valence-electron chi connectivity index (χ1n) is 10.7. The number of hydrogen-bond acceptors (Lipinski definition) is 7. The van der Waals surface area contributed by atoms with Crippen molar-refractivity contribution in [3.8, 4) is 17.1 Å². The second-order valence-corrected chi connectivity index (χ2v) is 8.57. The number of aromatic nitrogens is 3. The first-order chi connectivity index (χ1) is 15.5. The van der Waals surface area contributed by atoms with Crippen LogP contribution in [0.25, 0.3) is 11.4 Å². The molecule has 2 heterocycles. The van der Waals surface area contributed by atoms with Gasteiger partial charge in [-0.2, -0.15) is 0 Å². The van der Waals surface area contributed by atoms with Crippen LogP contribution in [0.5, 0.6) is 5.75 Å². The summed E-state index contributed by atoms with van der Waals surface area (Å²) in [4.78, 5) is 17.0. The molecule has 1 amide bonds. The third kappa shape index (κ3) is 4.99. The number of thioether (sulfide) groups is 1. The Morgan fingerprint density at radius 2 is 1.84 bits per heavy atom. The first kappa shape index (κ1) is 22.0. The summed E-state index contributed by atoms with van der Waals surface area (Å²) >= 11 is 1.31. The van der Waals surface area contributed by atoms with Gasteiger partial charge in [0.1, 0.15) is 5.75 Å². The third-order valence-corrected chi connectivity index (χ3v) is 6.34. The molecule has 8 nitrogen and oxygen atoms in total. The topological polar surface area (TPSA) is 89.5 Å². The standard InChI is InChI=1S/C23H28N6O2S/c1-3-31-20-9-7-18(8-10-20)22-25-26-23(29(22)24)32-16-21(30)28-13-11-27(12-14-28)19-6-4-5-17(2)15-19/h4-10,15H,3,11-14,16,24H2,1-2H3. The Labute approximate surface area is 192 Å². The molecule has 2 aromatic carbocycles. The second kappa shape index (κ2) is 9.95. The van der Waals surface area contributed by atoms with Crippen molar-refractivity contribution in [2.75, 3.05) is 49.3 Å². The normalized spacial score (nSPS) is 13.9. The monoisotopic (exact) mass is 452 g/mol. The van der Waals surface area contributed by atoms with Crippen molar-refractivity contribution >= 4 is 23.4 Å². The zero-order valence-corrected chi connectivity index (χ0v) is 19.2. The Balaban J connectivity index is 1.31. The minimum absolute atomic E-state index is 0.0875. The average molecular weight is 453 g/mol. The van der Waals surface area contributed by atoms with Gasteiger partial charge in [0.25, 0.3) is 0 Å². The number of nitrogen functional groups attached to an aromatic ring is 1. The summed E-state index contributed by atoms with van der Waals surface area (Å²) in [5, 5.41) is 8.88. The van der Waals surface area contributed by atoms with Gasteiger partial charge >= 0.3 is 0 Å². The summed E-state index contributed by atoms with van der Waals surface area (Å²) in [6.07, 6.45) is 0. The number of carbonyl (C=O) groups is 1. The maximum absolute atomic E-state index is 12.7. The lowest BCUT2D eigenvalue weighted by atomic mass is 10.2. The molecule has 32 heavy (non-hydrogen) atoms. The highest BCUT2D eigenvalue weighted by Crippen LogP contribution is 2.24. The van der Waals surface area contributed by atoms with E-state index in [0.717, 1.165) is 24.4 Å². The maximum Gasteiger partial charge on any atom is 0.233 e. The number of anilines is 1. The van der Waals surface area contributed by atoms with Crippen LogP contribution in [0.1, 0.15) is 12.5 Å². The molecule has 1 aliphatic heterocycles. The number of carbonyl (C=O) groups excluding carboxylic acids is 1. The molecule has 0 saturated carbocycles. The molecule has 1 aliphatic rings. The van der Waals surface area contributed by atoms with Crippen molar-refractivity contribution in [3.05, 3.63) is 54.1 Å². The van der Waals surface area contributed by atoms with E-state index in [1.54, 1.807) is 0 Å². The molecular formula is C23H28N6O2S. The smallest absolute Gasteiger partial charge is 0.233 e. The van der Waals surface area contributed by atoms with E-state index in [1.165, 1.54) is 27.7 Å². The largest absolute Gasteiger partial charge is 0.494 e. The van der Waals surface area contributed by atoms with Gasteiger partial charge in [-0.05, 0) is 55.8 Å². The lowest BCUT2D eigenvalue weighted by molar-refractivity contribution is -0.128. The van der Waals surface area contributed by atoms with E-state index in [1.807, 2.05) is 36.1 Å². The number of aryl methyl sites for hydroxylation is 1. The summed E-state index contributed by atoms with van der Waals surface area (Å²) in [5.74, 6) is 7.91. The summed E-state index contributed by atoms with van der Waals surface area (Å²) in [5.41, 5.74) is 3.30. The van der Waals surface area contributed by atoms with Crippen molar-refractivity contribution < 1.29 is 9.53 Å². The van der Waals surface area contributed by atoms with E-state index < -0.39 is 0 Å². The Kier molecular flexibility index (Phi) is 6.84. The van der Waals surface area contributed by atoms with Crippen molar-refractivity contribution in [3.63, 3.8) is 0 Å². The number of benzene rings is 2. The van der Waals surface area contributed by atoms with Gasteiger partial charge in [0.15, 0.2) is 5.82 Å². The van der Waals surface area contributed by atoms with Gasteiger partial charge in [0.2, 0.25) is 11.1 Å². The number of nitrogens with zero attached hydrogens (tertiary/aromatic N) is 5. The lowest BCUT2D eigenvalue weighted by Crippen LogP contribution is -2.49. The molecule has 3 aromatic rings. The summed E-state index contributed by atoms with van der Waals surface area (Å²) in [6, 6.07) is 16.0. The molecule has 2 N–H and O–H groups in total. The number of piperazine rings is 1. The quantitative estimate of drug-likeness (QED) is 0.435. The zero-order valence-electron chi connectivity index (χ0n) is 18.4. The number of nitrogens with two attached hydrogens (primary N) is 1. The summed E-state index contributed by atoms with van der Waals surface area (Å²) < 4.78 is 6.90. The molecule has 9 heteroatoms. The summed E-state index contributed by atoms with van der Waals surface area (Å²) in [6.45, 7) is 7.73. The number of amides is 1. The fourth-order valence-corrected chi connectivity index (χ4v) is 4.45. The second-order valence-electron chi connectivity index (χ2n) is 7.63. The third-order valence-electron chi connectivity index (χ3n) is 5.41. The van der Waals surface area contributed by atoms with Gasteiger partial charge in [-0.15, -0.1) is 10.2 Å². The number of ether oxygens (including phenoxy) is 1. The van der Waals surface area contributed by atoms with E-state index >= 15 is 0 Å². The fourth-order valence-electron chi connectivity index (χ4n) is 3.70. The van der Waals surface area contributed by atoms with Gasteiger partial charge < -0.3 is 20.4 Å². The van der Waals surface area contributed by atoms with Crippen LogP contribution in [-0.4, -0.2) is 64.2 Å². The van der Waals surface area contributed by atoms with Crippen LogP contribution in [0.15, 0.2) is 53.7 Å². The molecule has 168 valence electrons. The van der Waals surface area contributed by atoms with Crippen LogP contribution in [0, 0.1) is 6.92 Å². The van der Waals surface area contributed by atoms with Crippen LogP contribution in [-0.2, 0) is 4.79 Å². The van der Waals surface area contributed by atoms with Crippen molar-refractivity contribution in [2.24, 2.45) is 0 Å². The van der Waals surface area contributed by atoms with Gasteiger partial charge in [-0.3, -0.25) is 4.79 Å². The molecule has 1 fully saturated rings. The van der Waals surface area contributed by atoms with Crippen LogP contribution in [0.2, 0.25) is 0 Å². The molecule has 0 radical (unpaired) electrons. The fraction of sp³-hybridized carbons (Fsp3) is 0.348. The average Bonchev–Trinajstić information content (AvgIpc) is 3.18. The minimum Gasteiger partial charge on any atom is -0.494 e. The van der Waals surface area contributed by atoms with E-state index in [2.05, 4.69) is 46.3 Å². The van der Waals surface area contributed by atoms with E-state index in [0.29, 0.717) is 30.7 Å². The molecule has 1 saturated heterocycles. The highest BCUT2D eigenvalue weighted by Gasteiger charge is 2.22. The highest BCUT2D eigenvalue weighted by molar-refractivity contribution is 7.99. The van der Waals surface area contributed by atoms with Crippen molar-refractivity contribution in [1.29, 1.82) is 0 Å².